The van der Waals surface area contributed by atoms with Crippen molar-refractivity contribution in [2.75, 3.05) is 0 Å². The summed E-state index contributed by atoms with van der Waals surface area (Å²) in [4.78, 5) is 26.1. The van der Waals surface area contributed by atoms with Crippen molar-refractivity contribution in [3.05, 3.63) is 59.2 Å². The summed E-state index contributed by atoms with van der Waals surface area (Å²) >= 11 is 0. The summed E-state index contributed by atoms with van der Waals surface area (Å²) in [6.45, 7) is 0.00238. The first-order valence-corrected chi connectivity index (χ1v) is 7.08. The van der Waals surface area contributed by atoms with Crippen molar-refractivity contribution in [2.24, 2.45) is 5.73 Å². The number of rotatable bonds is 4. The Morgan fingerprint density at radius 1 is 1.09 bits per heavy atom. The van der Waals surface area contributed by atoms with E-state index < -0.39 is 18.0 Å². The van der Waals surface area contributed by atoms with Crippen LogP contribution in [0.3, 0.4) is 0 Å². The van der Waals surface area contributed by atoms with Crippen molar-refractivity contribution in [2.45, 2.75) is 19.1 Å². The summed E-state index contributed by atoms with van der Waals surface area (Å²) in [7, 11) is 0. The summed E-state index contributed by atoms with van der Waals surface area (Å²) < 4.78 is 5.06. The molecule has 0 amide bonds. The summed E-state index contributed by atoms with van der Waals surface area (Å²) in [5.74, 6) is -2.20. The number of ether oxygens (including phenoxy) is 1. The zero-order chi connectivity index (χ0) is 16.4. The fraction of sp³-hybridized carbons (Fsp3) is 0.176. The van der Waals surface area contributed by atoms with Crippen molar-refractivity contribution in [1.82, 2.24) is 0 Å². The van der Waals surface area contributed by atoms with Gasteiger partial charge in [0, 0.05) is 0 Å². The smallest absolute Gasteiger partial charge is 0.370 e. The summed E-state index contributed by atoms with van der Waals surface area (Å²) in [5, 5.41) is 8.23. The van der Waals surface area contributed by atoms with Gasteiger partial charge in [0.15, 0.2) is 0 Å². The number of fused-ring (bicyclic) bond motifs is 3. The van der Waals surface area contributed by atoms with Gasteiger partial charge < -0.3 is 10.5 Å². The van der Waals surface area contributed by atoms with Crippen LogP contribution in [0.1, 0.15) is 16.7 Å². The van der Waals surface area contributed by atoms with Gasteiger partial charge >= 0.3 is 11.9 Å². The zero-order valence-electron chi connectivity index (χ0n) is 12.2. The fourth-order valence-electron chi connectivity index (χ4n) is 2.75. The molecule has 0 saturated heterocycles. The molecule has 0 aromatic heterocycles. The molecule has 1 atom stereocenters. The quantitative estimate of drug-likeness (QED) is 0.329. The average Bonchev–Trinajstić information content (AvgIpc) is 2.97. The third kappa shape index (κ3) is 2.81. The predicted octanol–water partition coefficient (Wildman–Crippen LogP) is 1.64. The first kappa shape index (κ1) is 15.2. The van der Waals surface area contributed by atoms with Crippen LogP contribution in [0.2, 0.25) is 0 Å². The van der Waals surface area contributed by atoms with E-state index in [1.165, 1.54) is 11.1 Å². The van der Waals surface area contributed by atoms with Gasteiger partial charge in [-0.3, -0.25) is 4.89 Å². The van der Waals surface area contributed by atoms with Gasteiger partial charge in [-0.15, -0.1) is 0 Å². The Kier molecular flexibility index (Phi) is 4.10. The van der Waals surface area contributed by atoms with E-state index in [1.807, 2.05) is 30.3 Å². The third-order valence-corrected chi connectivity index (χ3v) is 3.92. The number of nitrogens with two attached hydrogens (primary N) is 1. The maximum Gasteiger partial charge on any atom is 0.370 e. The average molecular weight is 313 g/mol. The van der Waals surface area contributed by atoms with Crippen molar-refractivity contribution in [3.63, 3.8) is 0 Å². The molecular weight excluding hydrogens is 298 g/mol. The molecule has 6 nitrogen and oxygen atoms in total. The second-order valence-corrected chi connectivity index (χ2v) is 5.27. The number of hydrogen-bond acceptors (Lipinski definition) is 6. The summed E-state index contributed by atoms with van der Waals surface area (Å²) in [6.07, 6.45) is 0.768. The Labute approximate surface area is 132 Å². The van der Waals surface area contributed by atoms with Crippen molar-refractivity contribution in [1.29, 1.82) is 0 Å². The Morgan fingerprint density at radius 2 is 1.83 bits per heavy atom. The normalized spacial score (nSPS) is 13.0. The molecule has 0 fully saturated rings. The van der Waals surface area contributed by atoms with Crippen LogP contribution < -0.4 is 5.73 Å². The van der Waals surface area contributed by atoms with Gasteiger partial charge in [-0.1, -0.05) is 42.5 Å². The second-order valence-electron chi connectivity index (χ2n) is 5.27. The Balaban J connectivity index is 1.77. The number of esters is 1. The predicted molar refractivity (Wildman–Crippen MR) is 81.2 cm³/mol. The third-order valence-electron chi connectivity index (χ3n) is 3.92. The van der Waals surface area contributed by atoms with Crippen LogP contribution in [0, 0.1) is 0 Å². The molecule has 6 heteroatoms. The SMILES string of the molecule is NC(C(=O)OO)C(=O)OCc1cccc2c1Cc1ccccc1-2. The molecule has 1 aliphatic rings. The molecule has 2 aromatic carbocycles. The van der Waals surface area contributed by atoms with E-state index in [9.17, 15) is 9.59 Å². The van der Waals surface area contributed by atoms with Crippen LogP contribution >= 0.6 is 0 Å². The van der Waals surface area contributed by atoms with Crippen molar-refractivity contribution in [3.8, 4) is 11.1 Å². The number of carbonyl (C=O) groups is 2. The van der Waals surface area contributed by atoms with Gasteiger partial charge in [0.05, 0.1) is 0 Å². The highest BCUT2D eigenvalue weighted by Gasteiger charge is 2.27. The Bertz CT molecular complexity index is 771. The van der Waals surface area contributed by atoms with Crippen LogP contribution in [-0.4, -0.2) is 23.2 Å². The van der Waals surface area contributed by atoms with Gasteiger partial charge in [0.2, 0.25) is 6.04 Å². The van der Waals surface area contributed by atoms with E-state index in [2.05, 4.69) is 17.0 Å². The molecule has 0 bridgehead atoms. The monoisotopic (exact) mass is 313 g/mol. The topological polar surface area (TPSA) is 98.9 Å². The van der Waals surface area contributed by atoms with Crippen LogP contribution in [0.25, 0.3) is 11.1 Å². The Hall–Kier alpha value is -2.70. The largest absolute Gasteiger partial charge is 0.459 e. The van der Waals surface area contributed by atoms with E-state index >= 15 is 0 Å². The molecular formula is C17H15NO5. The highest BCUT2D eigenvalue weighted by atomic mass is 17.1. The summed E-state index contributed by atoms with van der Waals surface area (Å²) in [5.41, 5.74) is 10.8. The van der Waals surface area contributed by atoms with E-state index in [-0.39, 0.29) is 6.61 Å². The second kappa shape index (κ2) is 6.20. The van der Waals surface area contributed by atoms with Crippen LogP contribution in [0.5, 0.6) is 0 Å². The molecule has 23 heavy (non-hydrogen) atoms. The highest BCUT2D eigenvalue weighted by Crippen LogP contribution is 2.38. The van der Waals surface area contributed by atoms with E-state index in [1.54, 1.807) is 0 Å². The van der Waals surface area contributed by atoms with Crippen LogP contribution in [-0.2, 0) is 32.2 Å². The van der Waals surface area contributed by atoms with Crippen LogP contribution in [0.15, 0.2) is 42.5 Å². The Morgan fingerprint density at radius 3 is 2.61 bits per heavy atom. The van der Waals surface area contributed by atoms with E-state index in [0.29, 0.717) is 0 Å². The maximum atomic E-state index is 11.7. The minimum absolute atomic E-state index is 0.00238. The van der Waals surface area contributed by atoms with E-state index in [4.69, 9.17) is 15.7 Å². The maximum absolute atomic E-state index is 11.7. The number of hydrogen-bond donors (Lipinski definition) is 2. The molecule has 0 saturated carbocycles. The number of benzene rings is 2. The molecule has 1 aliphatic carbocycles. The zero-order valence-corrected chi connectivity index (χ0v) is 12.2. The summed E-state index contributed by atoms with van der Waals surface area (Å²) in [6, 6.07) is 12.2. The molecule has 0 aliphatic heterocycles. The molecule has 2 aromatic rings. The lowest BCUT2D eigenvalue weighted by Crippen LogP contribution is -2.40. The first-order chi connectivity index (χ1) is 11.1. The minimum atomic E-state index is -1.66. The van der Waals surface area contributed by atoms with Gasteiger partial charge in [-0.25, -0.2) is 9.59 Å². The van der Waals surface area contributed by atoms with Gasteiger partial charge in [-0.05, 0) is 34.2 Å². The number of carbonyl (C=O) groups excluding carboxylic acids is 2. The van der Waals surface area contributed by atoms with Gasteiger partial charge in [0.25, 0.3) is 0 Å². The van der Waals surface area contributed by atoms with Gasteiger partial charge in [0.1, 0.15) is 6.61 Å². The molecule has 3 rings (SSSR count). The molecule has 1 unspecified atom stereocenters. The van der Waals surface area contributed by atoms with Crippen molar-refractivity contribution < 1.29 is 24.5 Å². The lowest BCUT2D eigenvalue weighted by atomic mass is 10.0. The first-order valence-electron chi connectivity index (χ1n) is 7.08. The van der Waals surface area contributed by atoms with Gasteiger partial charge in [-0.2, -0.15) is 5.26 Å². The molecule has 118 valence electrons. The molecule has 0 heterocycles. The molecule has 3 N–H and O–H groups in total. The highest BCUT2D eigenvalue weighted by molar-refractivity contribution is 5.98. The molecule has 0 spiro atoms. The molecule has 0 radical (unpaired) electrons. The fourth-order valence-corrected chi connectivity index (χ4v) is 2.75. The minimum Gasteiger partial charge on any atom is -0.459 e. The van der Waals surface area contributed by atoms with Crippen LogP contribution in [0.4, 0.5) is 0 Å². The van der Waals surface area contributed by atoms with Crippen molar-refractivity contribution >= 4 is 11.9 Å². The lowest BCUT2D eigenvalue weighted by Gasteiger charge is -2.11. The standard InChI is InChI=1S/C17H15NO5/c18-15(17(20)23-21)16(19)22-9-11-5-3-7-13-12-6-2-1-4-10(12)8-14(11)13/h1-7,15,21H,8-9,18H2. The van der Waals surface area contributed by atoms with E-state index in [0.717, 1.165) is 23.1 Å². The lowest BCUT2D eigenvalue weighted by molar-refractivity contribution is -0.236.